The van der Waals surface area contributed by atoms with Crippen molar-refractivity contribution in [1.29, 1.82) is 0 Å². The second kappa shape index (κ2) is 8.45. The molecule has 0 unspecified atom stereocenters. The minimum absolute atomic E-state index is 0.417. The number of nitrogens with two attached hydrogens (primary N) is 1. The molecular formula is C22H26F2N2. The third-order valence-corrected chi connectivity index (χ3v) is 4.87. The quantitative estimate of drug-likeness (QED) is 0.497. The lowest BCUT2D eigenvalue weighted by Gasteiger charge is -2.07. The van der Waals surface area contributed by atoms with E-state index in [2.05, 4.69) is 30.1 Å². The number of aromatic amines is 1. The monoisotopic (exact) mass is 356 g/mol. The summed E-state index contributed by atoms with van der Waals surface area (Å²) in [5.41, 5.74) is 10.2. The van der Waals surface area contributed by atoms with Crippen LogP contribution < -0.4 is 5.73 Å². The van der Waals surface area contributed by atoms with E-state index in [1.165, 1.54) is 17.7 Å². The molecule has 2 aromatic carbocycles. The molecule has 0 aliphatic carbocycles. The molecule has 0 aliphatic heterocycles. The number of benzene rings is 2. The molecular weight excluding hydrogens is 330 g/mol. The van der Waals surface area contributed by atoms with E-state index >= 15 is 0 Å². The van der Waals surface area contributed by atoms with Crippen LogP contribution in [-0.2, 0) is 12.8 Å². The fraction of sp³-hybridized carbons (Fsp3) is 0.364. The van der Waals surface area contributed by atoms with Crippen LogP contribution >= 0.6 is 0 Å². The van der Waals surface area contributed by atoms with E-state index in [4.69, 9.17) is 5.73 Å². The van der Waals surface area contributed by atoms with E-state index < -0.39 is 11.6 Å². The lowest BCUT2D eigenvalue weighted by Crippen LogP contribution is -1.99. The van der Waals surface area contributed by atoms with Crippen LogP contribution in [0.4, 0.5) is 8.78 Å². The lowest BCUT2D eigenvalue weighted by molar-refractivity contribution is 0.585. The molecule has 26 heavy (non-hydrogen) atoms. The molecule has 3 rings (SSSR count). The van der Waals surface area contributed by atoms with Crippen LogP contribution in [0.15, 0.2) is 36.4 Å². The Hall–Kier alpha value is -2.20. The normalized spacial score (nSPS) is 11.4. The average molecular weight is 356 g/mol. The summed E-state index contributed by atoms with van der Waals surface area (Å²) < 4.78 is 27.7. The first-order valence-corrected chi connectivity index (χ1v) is 9.43. The Bertz CT molecular complexity index is 883. The molecule has 0 spiro atoms. The summed E-state index contributed by atoms with van der Waals surface area (Å²) in [7, 11) is 0. The van der Waals surface area contributed by atoms with Gasteiger partial charge < -0.3 is 10.7 Å². The van der Waals surface area contributed by atoms with Gasteiger partial charge in [0.15, 0.2) is 0 Å². The number of aryl methyl sites for hydroxylation is 2. The van der Waals surface area contributed by atoms with Crippen molar-refractivity contribution in [2.24, 2.45) is 5.73 Å². The van der Waals surface area contributed by atoms with Gasteiger partial charge in [-0.1, -0.05) is 19.4 Å². The van der Waals surface area contributed by atoms with Gasteiger partial charge in [0.05, 0.1) is 5.69 Å². The van der Waals surface area contributed by atoms with Gasteiger partial charge in [0.1, 0.15) is 11.6 Å². The number of rotatable bonds is 8. The molecule has 0 bridgehead atoms. The Morgan fingerprint density at radius 2 is 1.81 bits per heavy atom. The summed E-state index contributed by atoms with van der Waals surface area (Å²) in [6.45, 7) is 2.83. The molecule has 0 saturated heterocycles. The van der Waals surface area contributed by atoms with E-state index in [1.807, 2.05) is 0 Å². The zero-order chi connectivity index (χ0) is 18.5. The van der Waals surface area contributed by atoms with Crippen LogP contribution in [0.3, 0.4) is 0 Å². The van der Waals surface area contributed by atoms with Crippen LogP contribution in [-0.4, -0.2) is 11.5 Å². The predicted molar refractivity (Wildman–Crippen MR) is 104 cm³/mol. The van der Waals surface area contributed by atoms with E-state index in [9.17, 15) is 8.78 Å². The van der Waals surface area contributed by atoms with Gasteiger partial charge >= 0.3 is 0 Å². The number of nitrogens with one attached hydrogen (secondary N) is 1. The summed E-state index contributed by atoms with van der Waals surface area (Å²) in [5, 5.41) is 1.13. The maximum atomic E-state index is 14.4. The fourth-order valence-electron chi connectivity index (χ4n) is 3.46. The van der Waals surface area contributed by atoms with Crippen LogP contribution in [0.2, 0.25) is 0 Å². The van der Waals surface area contributed by atoms with Gasteiger partial charge in [0, 0.05) is 22.5 Å². The van der Waals surface area contributed by atoms with Crippen molar-refractivity contribution in [2.75, 3.05) is 6.54 Å². The fourth-order valence-corrected chi connectivity index (χ4v) is 3.46. The zero-order valence-corrected chi connectivity index (χ0v) is 15.2. The number of halogens is 2. The smallest absolute Gasteiger partial charge is 0.135 e. The van der Waals surface area contributed by atoms with Crippen LogP contribution in [0, 0.1) is 11.6 Å². The molecule has 3 aromatic rings. The molecule has 1 heterocycles. The third-order valence-electron chi connectivity index (χ3n) is 4.87. The van der Waals surface area contributed by atoms with Gasteiger partial charge in [-0.05, 0) is 74.0 Å². The predicted octanol–water partition coefficient (Wildman–Crippen LogP) is 5.74. The number of fused-ring (bicyclic) bond motifs is 1. The van der Waals surface area contributed by atoms with E-state index in [0.717, 1.165) is 66.8 Å². The summed E-state index contributed by atoms with van der Waals surface area (Å²) in [6, 6.07) is 10.2. The second-order valence-electron chi connectivity index (χ2n) is 6.83. The standard InChI is InChI=1S/C22H26F2N2/c1-2-3-6-15-8-11-21-19(13-15)17(7-4-5-12-25)22(26-21)18-10-9-16(23)14-20(18)24/h8-11,13-14,26H,2-7,12,25H2,1H3. The molecule has 0 radical (unpaired) electrons. The molecule has 0 amide bonds. The number of aromatic nitrogens is 1. The van der Waals surface area contributed by atoms with Gasteiger partial charge in [-0.25, -0.2) is 8.78 Å². The maximum absolute atomic E-state index is 14.4. The van der Waals surface area contributed by atoms with Gasteiger partial charge in [0.25, 0.3) is 0 Å². The van der Waals surface area contributed by atoms with Crippen LogP contribution in [0.1, 0.15) is 43.7 Å². The molecule has 138 valence electrons. The first-order valence-electron chi connectivity index (χ1n) is 9.43. The minimum Gasteiger partial charge on any atom is -0.354 e. The van der Waals surface area contributed by atoms with E-state index in [0.29, 0.717) is 12.1 Å². The Morgan fingerprint density at radius 3 is 2.54 bits per heavy atom. The van der Waals surface area contributed by atoms with Gasteiger partial charge in [0.2, 0.25) is 0 Å². The zero-order valence-electron chi connectivity index (χ0n) is 15.2. The molecule has 0 atom stereocenters. The molecule has 2 nitrogen and oxygen atoms in total. The maximum Gasteiger partial charge on any atom is 0.135 e. The molecule has 0 aliphatic rings. The Morgan fingerprint density at radius 1 is 0.962 bits per heavy atom. The molecule has 0 fully saturated rings. The average Bonchev–Trinajstić information content (AvgIpc) is 2.98. The summed E-state index contributed by atoms with van der Waals surface area (Å²) in [5.74, 6) is -1.10. The molecule has 0 saturated carbocycles. The molecule has 4 heteroatoms. The van der Waals surface area contributed by atoms with Crippen molar-refractivity contribution in [3.63, 3.8) is 0 Å². The van der Waals surface area contributed by atoms with Gasteiger partial charge in [-0.2, -0.15) is 0 Å². The molecule has 1 aromatic heterocycles. The van der Waals surface area contributed by atoms with E-state index in [1.54, 1.807) is 0 Å². The van der Waals surface area contributed by atoms with Crippen LogP contribution in [0.5, 0.6) is 0 Å². The third kappa shape index (κ3) is 3.96. The van der Waals surface area contributed by atoms with Gasteiger partial charge in [-0.15, -0.1) is 0 Å². The number of hydrogen-bond donors (Lipinski definition) is 2. The van der Waals surface area contributed by atoms with E-state index in [-0.39, 0.29) is 0 Å². The van der Waals surface area contributed by atoms with Crippen LogP contribution in [0.25, 0.3) is 22.2 Å². The van der Waals surface area contributed by atoms with Crippen molar-refractivity contribution < 1.29 is 8.78 Å². The van der Waals surface area contributed by atoms with Crippen molar-refractivity contribution >= 4 is 10.9 Å². The highest BCUT2D eigenvalue weighted by atomic mass is 19.1. The first-order chi connectivity index (χ1) is 12.6. The number of hydrogen-bond acceptors (Lipinski definition) is 1. The number of H-pyrrole nitrogens is 1. The molecule has 3 N–H and O–H groups in total. The second-order valence-corrected chi connectivity index (χ2v) is 6.83. The summed E-state index contributed by atoms with van der Waals surface area (Å²) >= 11 is 0. The van der Waals surface area contributed by atoms with Crippen molar-refractivity contribution in [3.05, 3.63) is 59.2 Å². The summed E-state index contributed by atoms with van der Waals surface area (Å²) in [4.78, 5) is 3.36. The lowest BCUT2D eigenvalue weighted by atomic mass is 9.98. The SMILES string of the molecule is CCCCc1ccc2[nH]c(-c3ccc(F)cc3F)c(CCCCN)c2c1. The van der Waals surface area contributed by atoms with Crippen molar-refractivity contribution in [3.8, 4) is 11.3 Å². The number of unbranched alkanes of at least 4 members (excludes halogenated alkanes) is 2. The minimum atomic E-state index is -0.561. The Balaban J connectivity index is 2.09. The topological polar surface area (TPSA) is 41.8 Å². The summed E-state index contributed by atoms with van der Waals surface area (Å²) in [6.07, 6.45) is 6.03. The highest BCUT2D eigenvalue weighted by molar-refractivity contribution is 5.91. The first kappa shape index (κ1) is 18.6. The highest BCUT2D eigenvalue weighted by Gasteiger charge is 2.16. The highest BCUT2D eigenvalue weighted by Crippen LogP contribution is 2.34. The van der Waals surface area contributed by atoms with Crippen molar-refractivity contribution in [1.82, 2.24) is 4.98 Å². The van der Waals surface area contributed by atoms with Crippen molar-refractivity contribution in [2.45, 2.75) is 45.4 Å². The Labute approximate surface area is 153 Å². The largest absolute Gasteiger partial charge is 0.354 e. The Kier molecular flexibility index (Phi) is 6.04. The van der Waals surface area contributed by atoms with Gasteiger partial charge in [-0.3, -0.25) is 0 Å².